The largest absolute Gasteiger partial charge is 0.494 e. The Hall–Kier alpha value is -2.37. The summed E-state index contributed by atoms with van der Waals surface area (Å²) < 4.78 is 6.82. The first-order valence-corrected chi connectivity index (χ1v) is 5.54. The molecule has 18 heavy (non-hydrogen) atoms. The highest BCUT2D eigenvalue weighted by molar-refractivity contribution is 5.84. The Balaban J connectivity index is 2.06. The van der Waals surface area contributed by atoms with Crippen LogP contribution in [0.25, 0.3) is 0 Å². The van der Waals surface area contributed by atoms with Gasteiger partial charge in [-0.2, -0.15) is 0 Å². The van der Waals surface area contributed by atoms with E-state index in [-0.39, 0.29) is 5.69 Å². The van der Waals surface area contributed by atoms with Crippen LogP contribution in [0.5, 0.6) is 5.75 Å². The molecule has 1 N–H and O–H groups in total. The number of benzene rings is 1. The van der Waals surface area contributed by atoms with Gasteiger partial charge in [0, 0.05) is 0 Å². The van der Waals surface area contributed by atoms with Gasteiger partial charge in [0.05, 0.1) is 19.3 Å². The van der Waals surface area contributed by atoms with Crippen molar-refractivity contribution in [3.63, 3.8) is 0 Å². The number of hydrogen-bond acceptors (Lipinski definition) is 4. The van der Waals surface area contributed by atoms with Gasteiger partial charge >= 0.3 is 5.97 Å². The Morgan fingerprint density at radius 2 is 2.11 bits per heavy atom. The Kier molecular flexibility index (Phi) is 3.57. The van der Waals surface area contributed by atoms with Gasteiger partial charge in [0.2, 0.25) is 0 Å². The highest BCUT2D eigenvalue weighted by Gasteiger charge is 2.08. The SMILES string of the molecule is CCOc1ccc(Cn2cc(C(=O)O)nn2)cc1. The van der Waals surface area contributed by atoms with E-state index in [0.717, 1.165) is 11.3 Å². The number of aromatic carboxylic acids is 1. The van der Waals surface area contributed by atoms with Crippen LogP contribution in [0.3, 0.4) is 0 Å². The molecule has 1 aromatic carbocycles. The Bertz CT molecular complexity index is 534. The number of aromatic nitrogens is 3. The molecule has 0 radical (unpaired) electrons. The van der Waals surface area contributed by atoms with Gasteiger partial charge in [-0.1, -0.05) is 17.3 Å². The quantitative estimate of drug-likeness (QED) is 0.864. The first-order valence-electron chi connectivity index (χ1n) is 5.54. The molecule has 0 aliphatic heterocycles. The van der Waals surface area contributed by atoms with Gasteiger partial charge in [-0.3, -0.25) is 0 Å². The summed E-state index contributed by atoms with van der Waals surface area (Å²) in [5.41, 5.74) is 0.946. The minimum Gasteiger partial charge on any atom is -0.494 e. The van der Waals surface area contributed by atoms with Crippen molar-refractivity contribution in [2.75, 3.05) is 6.61 Å². The molecule has 0 spiro atoms. The zero-order chi connectivity index (χ0) is 13.0. The van der Waals surface area contributed by atoms with Gasteiger partial charge in [0.25, 0.3) is 0 Å². The fraction of sp³-hybridized carbons (Fsp3) is 0.250. The maximum absolute atomic E-state index is 10.7. The van der Waals surface area contributed by atoms with Crippen LogP contribution < -0.4 is 4.74 Å². The number of hydrogen-bond donors (Lipinski definition) is 1. The zero-order valence-electron chi connectivity index (χ0n) is 9.91. The molecule has 0 bridgehead atoms. The average molecular weight is 247 g/mol. The van der Waals surface area contributed by atoms with E-state index in [2.05, 4.69) is 10.3 Å². The summed E-state index contributed by atoms with van der Waals surface area (Å²) in [7, 11) is 0. The normalized spacial score (nSPS) is 10.3. The van der Waals surface area contributed by atoms with E-state index in [1.54, 1.807) is 0 Å². The zero-order valence-corrected chi connectivity index (χ0v) is 9.91. The molecule has 6 heteroatoms. The van der Waals surface area contributed by atoms with Crippen molar-refractivity contribution in [2.45, 2.75) is 13.5 Å². The predicted molar refractivity (Wildman–Crippen MR) is 63.7 cm³/mol. The smallest absolute Gasteiger partial charge is 0.358 e. The number of carbonyl (C=O) groups is 1. The second-order valence-electron chi connectivity index (χ2n) is 3.68. The fourth-order valence-electron chi connectivity index (χ4n) is 1.52. The second-order valence-corrected chi connectivity index (χ2v) is 3.68. The lowest BCUT2D eigenvalue weighted by Gasteiger charge is -2.04. The molecule has 2 rings (SSSR count). The molecule has 0 amide bonds. The third kappa shape index (κ3) is 2.85. The van der Waals surface area contributed by atoms with Crippen molar-refractivity contribution < 1.29 is 14.6 Å². The van der Waals surface area contributed by atoms with E-state index in [0.29, 0.717) is 13.2 Å². The van der Waals surface area contributed by atoms with E-state index in [1.807, 2.05) is 31.2 Å². The van der Waals surface area contributed by atoms with Crippen LogP contribution in [0.15, 0.2) is 30.5 Å². The molecular weight excluding hydrogens is 234 g/mol. The number of carboxylic acid groups (broad SMARTS) is 1. The lowest BCUT2D eigenvalue weighted by atomic mass is 10.2. The topological polar surface area (TPSA) is 77.2 Å². The van der Waals surface area contributed by atoms with Gasteiger partial charge in [0.1, 0.15) is 5.75 Å². The van der Waals surface area contributed by atoms with Crippen LogP contribution in [0.1, 0.15) is 23.0 Å². The van der Waals surface area contributed by atoms with E-state index >= 15 is 0 Å². The van der Waals surface area contributed by atoms with Crippen LogP contribution in [-0.4, -0.2) is 32.7 Å². The molecule has 0 saturated heterocycles. The van der Waals surface area contributed by atoms with Gasteiger partial charge in [-0.05, 0) is 24.6 Å². The second kappa shape index (κ2) is 5.31. The van der Waals surface area contributed by atoms with E-state index in [4.69, 9.17) is 9.84 Å². The molecule has 0 aliphatic carbocycles. The van der Waals surface area contributed by atoms with Crippen LogP contribution in [0.4, 0.5) is 0 Å². The summed E-state index contributed by atoms with van der Waals surface area (Å²) in [5.74, 6) is -0.265. The van der Waals surface area contributed by atoms with Crippen molar-refractivity contribution in [3.8, 4) is 5.75 Å². The summed E-state index contributed by atoms with van der Waals surface area (Å²) in [4.78, 5) is 10.7. The Labute approximate surface area is 104 Å². The molecule has 0 aliphatic rings. The molecule has 0 unspecified atom stereocenters. The maximum Gasteiger partial charge on any atom is 0.358 e. The highest BCUT2D eigenvalue weighted by atomic mass is 16.5. The van der Waals surface area contributed by atoms with Crippen molar-refractivity contribution in [1.82, 2.24) is 15.0 Å². The van der Waals surface area contributed by atoms with Crippen molar-refractivity contribution in [2.24, 2.45) is 0 Å². The van der Waals surface area contributed by atoms with Gasteiger partial charge < -0.3 is 9.84 Å². The minimum atomic E-state index is -1.08. The van der Waals surface area contributed by atoms with Crippen LogP contribution >= 0.6 is 0 Å². The molecule has 1 aromatic heterocycles. The minimum absolute atomic E-state index is 0.0547. The fourth-order valence-corrected chi connectivity index (χ4v) is 1.52. The number of ether oxygens (including phenoxy) is 1. The molecule has 2 aromatic rings. The lowest BCUT2D eigenvalue weighted by molar-refractivity contribution is 0.0690. The van der Waals surface area contributed by atoms with E-state index in [1.165, 1.54) is 10.9 Å². The van der Waals surface area contributed by atoms with Crippen molar-refractivity contribution >= 4 is 5.97 Å². The summed E-state index contributed by atoms with van der Waals surface area (Å²) in [6, 6.07) is 7.56. The monoisotopic (exact) mass is 247 g/mol. The number of rotatable bonds is 5. The summed E-state index contributed by atoms with van der Waals surface area (Å²) in [6.45, 7) is 3.04. The molecule has 94 valence electrons. The summed E-state index contributed by atoms with van der Waals surface area (Å²) in [6.07, 6.45) is 1.40. The van der Waals surface area contributed by atoms with E-state index in [9.17, 15) is 4.79 Å². The van der Waals surface area contributed by atoms with E-state index < -0.39 is 5.97 Å². The molecule has 6 nitrogen and oxygen atoms in total. The third-order valence-corrected chi connectivity index (χ3v) is 2.34. The first-order chi connectivity index (χ1) is 8.69. The predicted octanol–water partition coefficient (Wildman–Crippen LogP) is 1.42. The molecule has 0 saturated carbocycles. The molecule has 0 fully saturated rings. The summed E-state index contributed by atoms with van der Waals surface area (Å²) >= 11 is 0. The van der Waals surface area contributed by atoms with Crippen LogP contribution in [0.2, 0.25) is 0 Å². The van der Waals surface area contributed by atoms with Crippen molar-refractivity contribution in [1.29, 1.82) is 0 Å². The average Bonchev–Trinajstić information content (AvgIpc) is 2.81. The third-order valence-electron chi connectivity index (χ3n) is 2.34. The Morgan fingerprint density at radius 1 is 1.39 bits per heavy atom. The standard InChI is InChI=1S/C12H13N3O3/c1-2-18-10-5-3-9(4-6-10)7-15-8-11(12(16)17)13-14-15/h3-6,8H,2,7H2,1H3,(H,16,17). The van der Waals surface area contributed by atoms with Gasteiger partial charge in [-0.15, -0.1) is 5.10 Å². The molecule has 1 heterocycles. The van der Waals surface area contributed by atoms with Gasteiger partial charge in [-0.25, -0.2) is 9.48 Å². The number of nitrogens with zero attached hydrogens (tertiary/aromatic N) is 3. The highest BCUT2D eigenvalue weighted by Crippen LogP contribution is 2.12. The summed E-state index contributed by atoms with van der Waals surface area (Å²) in [5, 5.41) is 16.0. The first kappa shape index (κ1) is 12.1. The Morgan fingerprint density at radius 3 is 2.67 bits per heavy atom. The van der Waals surface area contributed by atoms with Gasteiger partial charge in [0.15, 0.2) is 5.69 Å². The van der Waals surface area contributed by atoms with Crippen LogP contribution in [-0.2, 0) is 6.54 Å². The molecular formula is C12H13N3O3. The molecule has 0 atom stereocenters. The number of carboxylic acids is 1. The van der Waals surface area contributed by atoms with Crippen LogP contribution in [0, 0.1) is 0 Å². The maximum atomic E-state index is 10.7. The lowest BCUT2D eigenvalue weighted by Crippen LogP contribution is -2.00. The van der Waals surface area contributed by atoms with Crippen molar-refractivity contribution in [3.05, 3.63) is 41.7 Å².